The van der Waals surface area contributed by atoms with Crippen molar-refractivity contribution in [1.82, 2.24) is 0 Å². The molecular formula is C6H5BBrO4S. The van der Waals surface area contributed by atoms with Gasteiger partial charge in [-0.25, -0.2) is 0 Å². The molecule has 4 nitrogen and oxygen atoms in total. The maximum Gasteiger partial charge on any atom is 0.501 e. The van der Waals surface area contributed by atoms with Crippen molar-refractivity contribution < 1.29 is 17.5 Å². The summed E-state index contributed by atoms with van der Waals surface area (Å²) < 4.78 is 27.0. The van der Waals surface area contributed by atoms with E-state index in [2.05, 4.69) is 20.0 Å². The molecule has 69 valence electrons. The summed E-state index contributed by atoms with van der Waals surface area (Å²) >= 11 is 3.16. The summed E-state index contributed by atoms with van der Waals surface area (Å²) in [4.78, 5) is -0.0130. The number of hydrogen-bond acceptors (Lipinski definition) is 4. The zero-order chi connectivity index (χ0) is 9.90. The smallest absolute Gasteiger partial charge is 0.428 e. The van der Waals surface area contributed by atoms with Crippen LogP contribution in [0.4, 0.5) is 0 Å². The fourth-order valence-electron chi connectivity index (χ4n) is 0.713. The van der Waals surface area contributed by atoms with Gasteiger partial charge in [-0.05, 0) is 24.3 Å². The Morgan fingerprint density at radius 1 is 1.31 bits per heavy atom. The quantitative estimate of drug-likeness (QED) is 0.815. The second kappa shape index (κ2) is 4.23. The lowest BCUT2D eigenvalue weighted by molar-refractivity contribution is 0.435. The molecule has 13 heavy (non-hydrogen) atoms. The van der Waals surface area contributed by atoms with Crippen molar-refractivity contribution in [2.24, 2.45) is 0 Å². The lowest BCUT2D eigenvalue weighted by Crippen LogP contribution is -2.09. The van der Waals surface area contributed by atoms with Crippen LogP contribution in [0.25, 0.3) is 0 Å². The lowest BCUT2D eigenvalue weighted by atomic mass is 10.4. The summed E-state index contributed by atoms with van der Waals surface area (Å²) in [6.45, 7) is 0. The van der Waals surface area contributed by atoms with E-state index in [-0.39, 0.29) is 12.6 Å². The molecule has 0 saturated heterocycles. The molecule has 0 unspecified atom stereocenters. The highest BCUT2D eigenvalue weighted by molar-refractivity contribution is 9.10. The first-order valence-corrected chi connectivity index (χ1v) is 5.41. The van der Waals surface area contributed by atoms with Gasteiger partial charge in [0.05, 0.1) is 4.90 Å². The Labute approximate surface area is 85.1 Å². The van der Waals surface area contributed by atoms with E-state index in [4.69, 9.17) is 5.02 Å². The van der Waals surface area contributed by atoms with Crippen LogP contribution in [0.3, 0.4) is 0 Å². The molecule has 1 rings (SSSR count). The molecular weight excluding hydrogens is 259 g/mol. The molecule has 0 fully saturated rings. The summed E-state index contributed by atoms with van der Waals surface area (Å²) in [6, 6.07) is 5.85. The maximum atomic E-state index is 11.1. The normalized spacial score (nSPS) is 11.2. The topological polar surface area (TPSA) is 63.6 Å². The Kier molecular flexibility index (Phi) is 3.49. The van der Waals surface area contributed by atoms with Gasteiger partial charge in [0, 0.05) is 4.47 Å². The Morgan fingerprint density at radius 3 is 2.31 bits per heavy atom. The molecule has 1 aromatic carbocycles. The summed E-state index contributed by atoms with van der Waals surface area (Å²) in [7, 11) is -3.72. The van der Waals surface area contributed by atoms with Crippen molar-refractivity contribution in [3.63, 3.8) is 0 Å². The number of rotatable bonds is 3. The third kappa shape index (κ3) is 2.80. The highest BCUT2D eigenvalue weighted by atomic mass is 79.9. The van der Waals surface area contributed by atoms with Gasteiger partial charge in [-0.15, -0.1) is 0 Å². The molecule has 0 aliphatic rings. The van der Waals surface area contributed by atoms with Crippen LogP contribution in [-0.4, -0.2) is 21.1 Å². The highest BCUT2D eigenvalue weighted by Crippen LogP contribution is 2.15. The summed E-state index contributed by atoms with van der Waals surface area (Å²) in [6.07, 6.45) is 0. The van der Waals surface area contributed by atoms with E-state index >= 15 is 0 Å². The average molecular weight is 264 g/mol. The summed E-state index contributed by atoms with van der Waals surface area (Å²) in [5, 5.41) is 8.18. The minimum Gasteiger partial charge on any atom is -0.428 e. The Hall–Kier alpha value is -0.365. The van der Waals surface area contributed by atoms with E-state index in [1.807, 2.05) is 0 Å². The van der Waals surface area contributed by atoms with Gasteiger partial charge in [-0.2, -0.15) is 8.42 Å². The van der Waals surface area contributed by atoms with E-state index in [0.29, 0.717) is 0 Å². The van der Waals surface area contributed by atoms with Crippen LogP contribution in [0.2, 0.25) is 0 Å². The minimum absolute atomic E-state index is 0.0130. The number of halogens is 1. The second-order valence-corrected chi connectivity index (χ2v) is 4.60. The van der Waals surface area contributed by atoms with E-state index in [1.54, 1.807) is 12.1 Å². The third-order valence-corrected chi connectivity index (χ3v) is 2.99. The first-order valence-electron chi connectivity index (χ1n) is 3.21. The van der Waals surface area contributed by atoms with E-state index in [0.717, 1.165) is 4.47 Å². The van der Waals surface area contributed by atoms with Crippen molar-refractivity contribution in [1.29, 1.82) is 0 Å². The molecule has 1 N–H and O–H groups in total. The molecule has 0 atom stereocenters. The predicted octanol–water partition coefficient (Wildman–Crippen LogP) is 0.681. The molecule has 1 radical (unpaired) electrons. The van der Waals surface area contributed by atoms with Crippen LogP contribution in [0.15, 0.2) is 33.6 Å². The zero-order valence-electron chi connectivity index (χ0n) is 6.34. The molecule has 0 bridgehead atoms. The van der Waals surface area contributed by atoms with Crippen molar-refractivity contribution >= 4 is 33.7 Å². The molecule has 0 spiro atoms. The van der Waals surface area contributed by atoms with Crippen LogP contribution < -0.4 is 0 Å². The molecule has 1 aromatic rings. The second-order valence-electron chi connectivity index (χ2n) is 2.11. The van der Waals surface area contributed by atoms with E-state index in [1.165, 1.54) is 12.1 Å². The fourth-order valence-corrected chi connectivity index (χ4v) is 1.67. The zero-order valence-corrected chi connectivity index (χ0v) is 8.75. The molecule has 0 saturated carbocycles. The third-order valence-electron chi connectivity index (χ3n) is 1.27. The molecule has 0 amide bonds. The first-order chi connectivity index (χ1) is 6.06. The largest absolute Gasteiger partial charge is 0.501 e. The van der Waals surface area contributed by atoms with Gasteiger partial charge >= 0.3 is 7.69 Å². The van der Waals surface area contributed by atoms with Gasteiger partial charge in [0.25, 0.3) is 10.1 Å². The number of benzene rings is 1. The van der Waals surface area contributed by atoms with Crippen LogP contribution in [0, 0.1) is 0 Å². The highest BCUT2D eigenvalue weighted by Gasteiger charge is 2.14. The predicted molar refractivity (Wildman–Crippen MR) is 50.4 cm³/mol. The minimum atomic E-state index is -3.85. The van der Waals surface area contributed by atoms with Crippen molar-refractivity contribution in [2.45, 2.75) is 4.90 Å². The van der Waals surface area contributed by atoms with Crippen molar-refractivity contribution in [3.05, 3.63) is 28.7 Å². The monoisotopic (exact) mass is 263 g/mol. The van der Waals surface area contributed by atoms with Gasteiger partial charge in [0.15, 0.2) is 0 Å². The molecule has 0 aliphatic carbocycles. The molecule has 7 heteroatoms. The standard InChI is InChI=1S/C6H5BBrO4S/c8-5-1-3-6(4-2-5)13(10,11)12-7-9/h1-4,9H. The molecule has 0 heterocycles. The molecule has 0 aliphatic heterocycles. The van der Waals surface area contributed by atoms with Gasteiger partial charge < -0.3 is 5.02 Å². The van der Waals surface area contributed by atoms with Gasteiger partial charge in [0.2, 0.25) is 0 Å². The first kappa shape index (κ1) is 10.7. The van der Waals surface area contributed by atoms with Crippen molar-refractivity contribution in [3.8, 4) is 0 Å². The fraction of sp³-hybridized carbons (Fsp3) is 0. The SMILES string of the molecule is O=S(=O)(O[B]O)c1ccc(Br)cc1. The van der Waals surface area contributed by atoms with Crippen LogP contribution in [0.5, 0.6) is 0 Å². The lowest BCUT2D eigenvalue weighted by Gasteiger charge is -2.01. The Morgan fingerprint density at radius 2 is 1.85 bits per heavy atom. The van der Waals surface area contributed by atoms with Gasteiger partial charge in [-0.3, -0.25) is 4.10 Å². The van der Waals surface area contributed by atoms with Crippen LogP contribution in [-0.2, 0) is 14.2 Å². The Bertz CT molecular complexity index is 374. The number of hydrogen-bond donors (Lipinski definition) is 1. The van der Waals surface area contributed by atoms with Gasteiger partial charge in [-0.1, -0.05) is 15.9 Å². The summed E-state index contributed by atoms with van der Waals surface area (Å²) in [5.41, 5.74) is 0. The maximum absolute atomic E-state index is 11.1. The summed E-state index contributed by atoms with van der Waals surface area (Å²) in [5.74, 6) is 0. The van der Waals surface area contributed by atoms with E-state index < -0.39 is 10.1 Å². The van der Waals surface area contributed by atoms with Crippen molar-refractivity contribution in [2.75, 3.05) is 0 Å². The average Bonchev–Trinajstić information content (AvgIpc) is 2.05. The Balaban J connectivity index is 3.02. The molecule has 0 aromatic heterocycles. The van der Waals surface area contributed by atoms with Gasteiger partial charge in [0.1, 0.15) is 0 Å². The van der Waals surface area contributed by atoms with Crippen LogP contribution >= 0.6 is 15.9 Å². The van der Waals surface area contributed by atoms with E-state index in [9.17, 15) is 8.42 Å². The van der Waals surface area contributed by atoms with Crippen LogP contribution in [0.1, 0.15) is 0 Å².